The van der Waals surface area contributed by atoms with Gasteiger partial charge >= 0.3 is 6.09 Å². The molecule has 2 aromatic carbocycles. The van der Waals surface area contributed by atoms with E-state index in [-0.39, 0.29) is 24.4 Å². The second-order valence-electron chi connectivity index (χ2n) is 8.45. The molecule has 1 fully saturated rings. The van der Waals surface area contributed by atoms with Gasteiger partial charge in [0, 0.05) is 23.7 Å². The molecule has 1 amide bonds. The highest BCUT2D eigenvalue weighted by Crippen LogP contribution is 2.33. The quantitative estimate of drug-likeness (QED) is 0.562. The highest BCUT2D eigenvalue weighted by molar-refractivity contribution is 6.30. The summed E-state index contributed by atoms with van der Waals surface area (Å²) in [6.07, 6.45) is 0.917. The van der Waals surface area contributed by atoms with E-state index >= 15 is 0 Å². The molecule has 0 radical (unpaired) electrons. The van der Waals surface area contributed by atoms with Crippen LogP contribution >= 0.6 is 11.6 Å². The number of likely N-dealkylation sites (tertiary alicyclic amines) is 1. The van der Waals surface area contributed by atoms with Gasteiger partial charge in [-0.25, -0.2) is 13.6 Å². The van der Waals surface area contributed by atoms with E-state index in [1.54, 1.807) is 23.1 Å². The zero-order valence-corrected chi connectivity index (χ0v) is 18.1. The third kappa shape index (κ3) is 5.85. The van der Waals surface area contributed by atoms with Gasteiger partial charge in [0.05, 0.1) is 0 Å². The second-order valence-corrected chi connectivity index (χ2v) is 8.89. The topological polar surface area (TPSA) is 38.8 Å². The van der Waals surface area contributed by atoms with Gasteiger partial charge in [0.1, 0.15) is 29.6 Å². The standard InChI is InChI=1S/C23H26ClF2NO3/c1-23(2,3)30-22(28)27-10-8-15(9-11-27)19-13-18(6-7-20(19)25)29-14-16-4-5-17(24)12-21(16)26/h4-7,12-13,15H,8-11,14H2,1-3H3. The molecule has 0 spiro atoms. The van der Waals surface area contributed by atoms with Gasteiger partial charge in [-0.3, -0.25) is 0 Å². The van der Waals surface area contributed by atoms with Crippen LogP contribution in [0.25, 0.3) is 0 Å². The summed E-state index contributed by atoms with van der Waals surface area (Å²) in [7, 11) is 0. The lowest BCUT2D eigenvalue weighted by molar-refractivity contribution is 0.0204. The number of rotatable bonds is 4. The number of nitrogens with zero attached hydrogens (tertiary/aromatic N) is 1. The Labute approximate surface area is 180 Å². The minimum Gasteiger partial charge on any atom is -0.489 e. The van der Waals surface area contributed by atoms with Crippen molar-refractivity contribution in [2.45, 2.75) is 51.7 Å². The number of hydrogen-bond donors (Lipinski definition) is 0. The number of halogens is 3. The Morgan fingerprint density at radius 3 is 2.43 bits per heavy atom. The lowest BCUT2D eigenvalue weighted by atomic mass is 9.89. The highest BCUT2D eigenvalue weighted by Gasteiger charge is 2.28. The average Bonchev–Trinajstić information content (AvgIpc) is 2.67. The van der Waals surface area contributed by atoms with Gasteiger partial charge in [-0.2, -0.15) is 0 Å². The molecular weight excluding hydrogens is 412 g/mol. The summed E-state index contributed by atoms with van der Waals surface area (Å²) in [5, 5.41) is 0.318. The van der Waals surface area contributed by atoms with Crippen LogP contribution in [0.2, 0.25) is 5.02 Å². The molecule has 1 aliphatic rings. The maximum absolute atomic E-state index is 14.5. The summed E-state index contributed by atoms with van der Waals surface area (Å²) in [6.45, 7) is 6.50. The minimum absolute atomic E-state index is 0.0190. The van der Waals surface area contributed by atoms with Crippen molar-refractivity contribution in [3.63, 3.8) is 0 Å². The van der Waals surface area contributed by atoms with Gasteiger partial charge in [0.25, 0.3) is 0 Å². The molecule has 162 valence electrons. The average molecular weight is 438 g/mol. The largest absolute Gasteiger partial charge is 0.489 e. The summed E-state index contributed by atoms with van der Waals surface area (Å²) in [5.41, 5.74) is 0.374. The molecule has 0 aromatic heterocycles. The van der Waals surface area contributed by atoms with E-state index in [9.17, 15) is 13.6 Å². The van der Waals surface area contributed by atoms with Crippen molar-refractivity contribution in [2.75, 3.05) is 13.1 Å². The van der Waals surface area contributed by atoms with Gasteiger partial charge in [0.15, 0.2) is 0 Å². The third-order valence-electron chi connectivity index (χ3n) is 4.96. The summed E-state index contributed by atoms with van der Waals surface area (Å²) in [6, 6.07) is 8.95. The first kappa shape index (κ1) is 22.3. The van der Waals surface area contributed by atoms with Crippen molar-refractivity contribution in [1.82, 2.24) is 4.90 Å². The number of ether oxygens (including phenoxy) is 2. The Bertz CT molecular complexity index is 906. The van der Waals surface area contributed by atoms with Crippen molar-refractivity contribution in [1.29, 1.82) is 0 Å². The van der Waals surface area contributed by atoms with Crippen molar-refractivity contribution < 1.29 is 23.0 Å². The maximum Gasteiger partial charge on any atom is 0.410 e. The van der Waals surface area contributed by atoms with E-state index < -0.39 is 11.4 Å². The number of benzene rings is 2. The number of carbonyl (C=O) groups excluding carboxylic acids is 1. The van der Waals surface area contributed by atoms with Crippen LogP contribution in [0.5, 0.6) is 5.75 Å². The molecule has 1 heterocycles. The molecule has 3 rings (SSSR count). The monoisotopic (exact) mass is 437 g/mol. The van der Waals surface area contributed by atoms with Crippen molar-refractivity contribution >= 4 is 17.7 Å². The van der Waals surface area contributed by atoms with E-state index in [0.29, 0.717) is 47.8 Å². The molecule has 1 aliphatic heterocycles. The number of carbonyl (C=O) groups is 1. The van der Waals surface area contributed by atoms with Gasteiger partial charge in [-0.1, -0.05) is 17.7 Å². The molecule has 2 aromatic rings. The van der Waals surface area contributed by atoms with Crippen molar-refractivity contribution in [2.24, 2.45) is 0 Å². The van der Waals surface area contributed by atoms with Gasteiger partial charge in [-0.15, -0.1) is 0 Å². The molecule has 0 N–H and O–H groups in total. The molecule has 0 atom stereocenters. The highest BCUT2D eigenvalue weighted by atomic mass is 35.5. The normalized spacial score (nSPS) is 15.2. The molecule has 0 bridgehead atoms. The van der Waals surface area contributed by atoms with Crippen LogP contribution in [0.3, 0.4) is 0 Å². The van der Waals surface area contributed by atoms with Gasteiger partial charge < -0.3 is 14.4 Å². The number of hydrogen-bond acceptors (Lipinski definition) is 3. The molecule has 0 aliphatic carbocycles. The first-order chi connectivity index (χ1) is 14.1. The third-order valence-corrected chi connectivity index (χ3v) is 5.20. The Kier molecular flexibility index (Phi) is 6.86. The summed E-state index contributed by atoms with van der Waals surface area (Å²) in [4.78, 5) is 13.9. The van der Waals surface area contributed by atoms with Gasteiger partial charge in [-0.05, 0) is 75.4 Å². The zero-order chi connectivity index (χ0) is 21.9. The maximum atomic E-state index is 14.5. The van der Waals surface area contributed by atoms with Crippen LogP contribution in [0.4, 0.5) is 13.6 Å². The van der Waals surface area contributed by atoms with Crippen molar-refractivity contribution in [3.8, 4) is 5.75 Å². The van der Waals surface area contributed by atoms with E-state index in [4.69, 9.17) is 21.1 Å². The lowest BCUT2D eigenvalue weighted by Crippen LogP contribution is -2.41. The van der Waals surface area contributed by atoms with Crippen LogP contribution < -0.4 is 4.74 Å². The van der Waals surface area contributed by atoms with E-state index in [0.717, 1.165) is 0 Å². The predicted octanol–water partition coefficient (Wildman–Crippen LogP) is 6.31. The lowest BCUT2D eigenvalue weighted by Gasteiger charge is -2.33. The summed E-state index contributed by atoms with van der Waals surface area (Å²) in [5.74, 6) is -0.315. The Morgan fingerprint density at radius 2 is 1.80 bits per heavy atom. The van der Waals surface area contributed by atoms with Crippen molar-refractivity contribution in [3.05, 3.63) is 64.2 Å². The van der Waals surface area contributed by atoms with E-state index in [1.165, 1.54) is 18.2 Å². The SMILES string of the molecule is CC(C)(C)OC(=O)N1CCC(c2cc(OCc3ccc(Cl)cc3F)ccc2F)CC1. The molecule has 4 nitrogen and oxygen atoms in total. The Morgan fingerprint density at radius 1 is 1.10 bits per heavy atom. The molecule has 7 heteroatoms. The molecular formula is C23H26ClF2NO3. The molecule has 30 heavy (non-hydrogen) atoms. The van der Waals surface area contributed by atoms with E-state index in [1.807, 2.05) is 20.8 Å². The summed E-state index contributed by atoms with van der Waals surface area (Å²) < 4.78 is 39.5. The minimum atomic E-state index is -0.546. The van der Waals surface area contributed by atoms with Gasteiger partial charge in [0.2, 0.25) is 0 Å². The fourth-order valence-corrected chi connectivity index (χ4v) is 3.58. The van der Waals surface area contributed by atoms with Crippen LogP contribution in [0, 0.1) is 11.6 Å². The van der Waals surface area contributed by atoms with Crippen LogP contribution in [-0.2, 0) is 11.3 Å². The van der Waals surface area contributed by atoms with Crippen LogP contribution in [0.15, 0.2) is 36.4 Å². The fourth-order valence-electron chi connectivity index (χ4n) is 3.42. The Balaban J connectivity index is 1.62. The molecule has 0 saturated carbocycles. The van der Waals surface area contributed by atoms with Crippen LogP contribution in [0.1, 0.15) is 50.7 Å². The molecule has 0 unspecified atom stereocenters. The van der Waals surface area contributed by atoms with Crippen LogP contribution in [-0.4, -0.2) is 29.7 Å². The first-order valence-electron chi connectivity index (χ1n) is 9.96. The number of piperidine rings is 1. The first-order valence-corrected chi connectivity index (χ1v) is 10.3. The Hall–Kier alpha value is -2.34. The second kappa shape index (κ2) is 9.21. The molecule has 1 saturated heterocycles. The summed E-state index contributed by atoms with van der Waals surface area (Å²) >= 11 is 5.76. The smallest absolute Gasteiger partial charge is 0.410 e. The van der Waals surface area contributed by atoms with E-state index in [2.05, 4.69) is 0 Å². The predicted molar refractivity (Wildman–Crippen MR) is 112 cm³/mol. The number of amides is 1. The zero-order valence-electron chi connectivity index (χ0n) is 17.4. The fraction of sp³-hybridized carbons (Fsp3) is 0.435.